The van der Waals surface area contributed by atoms with Crippen molar-refractivity contribution in [1.82, 2.24) is 5.32 Å². The Hall–Kier alpha value is -0.870. The number of carbonyl (C=O) groups is 1. The molecule has 1 fully saturated rings. The normalized spacial score (nSPS) is 27.5. The van der Waals surface area contributed by atoms with E-state index in [-0.39, 0.29) is 12.1 Å². The zero-order valence-corrected chi connectivity index (χ0v) is 9.78. The third-order valence-electron chi connectivity index (χ3n) is 3.11. The SMILES string of the molecule is CC(=CCNC1CCCCCC1O)C(=O)O. The van der Waals surface area contributed by atoms with Crippen LogP contribution in [0.1, 0.15) is 39.0 Å². The van der Waals surface area contributed by atoms with E-state index in [1.54, 1.807) is 13.0 Å². The minimum atomic E-state index is -0.886. The van der Waals surface area contributed by atoms with Gasteiger partial charge in [-0.2, -0.15) is 0 Å². The number of carboxylic acid groups (broad SMARTS) is 1. The second-order valence-electron chi connectivity index (χ2n) is 4.41. The Morgan fingerprint density at radius 1 is 1.38 bits per heavy atom. The van der Waals surface area contributed by atoms with Gasteiger partial charge in [-0.1, -0.05) is 25.3 Å². The minimum Gasteiger partial charge on any atom is -0.478 e. The molecule has 16 heavy (non-hydrogen) atoms. The molecule has 1 saturated carbocycles. The van der Waals surface area contributed by atoms with Crippen LogP contribution < -0.4 is 5.32 Å². The maximum atomic E-state index is 10.6. The lowest BCUT2D eigenvalue weighted by Crippen LogP contribution is -2.39. The largest absolute Gasteiger partial charge is 0.478 e. The summed E-state index contributed by atoms with van der Waals surface area (Å²) in [5.74, 6) is -0.886. The Morgan fingerprint density at radius 3 is 2.75 bits per heavy atom. The summed E-state index contributed by atoms with van der Waals surface area (Å²) in [4.78, 5) is 10.6. The molecule has 0 radical (unpaired) electrons. The van der Waals surface area contributed by atoms with Crippen molar-refractivity contribution in [1.29, 1.82) is 0 Å². The van der Waals surface area contributed by atoms with E-state index < -0.39 is 5.97 Å². The predicted octanol–water partition coefficient (Wildman–Crippen LogP) is 1.30. The molecule has 3 N–H and O–H groups in total. The van der Waals surface area contributed by atoms with Gasteiger partial charge in [0.1, 0.15) is 0 Å². The summed E-state index contributed by atoms with van der Waals surface area (Å²) in [6.07, 6.45) is 6.58. The van der Waals surface area contributed by atoms with E-state index in [2.05, 4.69) is 5.32 Å². The molecule has 0 heterocycles. The Kier molecular flexibility index (Phi) is 5.49. The maximum absolute atomic E-state index is 10.6. The van der Waals surface area contributed by atoms with Gasteiger partial charge in [0.05, 0.1) is 6.10 Å². The monoisotopic (exact) mass is 227 g/mol. The Morgan fingerprint density at radius 2 is 2.06 bits per heavy atom. The Balaban J connectivity index is 2.35. The van der Waals surface area contributed by atoms with Crippen LogP contribution >= 0.6 is 0 Å². The van der Waals surface area contributed by atoms with Gasteiger partial charge in [-0.05, 0) is 19.8 Å². The summed E-state index contributed by atoms with van der Waals surface area (Å²) in [6.45, 7) is 2.09. The number of aliphatic hydroxyl groups is 1. The molecule has 0 amide bonds. The third kappa shape index (κ3) is 4.33. The van der Waals surface area contributed by atoms with E-state index in [0.717, 1.165) is 25.7 Å². The van der Waals surface area contributed by atoms with Crippen molar-refractivity contribution < 1.29 is 15.0 Å². The molecular formula is C12H21NO3. The second-order valence-corrected chi connectivity index (χ2v) is 4.41. The summed E-state index contributed by atoms with van der Waals surface area (Å²) in [5.41, 5.74) is 0.343. The molecule has 0 aromatic rings. The highest BCUT2D eigenvalue weighted by Crippen LogP contribution is 2.17. The molecule has 1 rings (SSSR count). The van der Waals surface area contributed by atoms with Crippen molar-refractivity contribution in [3.63, 3.8) is 0 Å². The minimum absolute atomic E-state index is 0.111. The first kappa shape index (κ1) is 13.2. The molecular weight excluding hydrogens is 206 g/mol. The molecule has 92 valence electrons. The van der Waals surface area contributed by atoms with Crippen LogP contribution in [0.2, 0.25) is 0 Å². The number of aliphatic carboxylic acids is 1. The second kappa shape index (κ2) is 6.66. The van der Waals surface area contributed by atoms with Crippen LogP contribution in [0.3, 0.4) is 0 Å². The first-order chi connectivity index (χ1) is 7.61. The van der Waals surface area contributed by atoms with Crippen LogP contribution in [-0.2, 0) is 4.79 Å². The summed E-state index contributed by atoms with van der Waals surface area (Å²) >= 11 is 0. The topological polar surface area (TPSA) is 69.6 Å². The number of rotatable bonds is 4. The highest BCUT2D eigenvalue weighted by Gasteiger charge is 2.20. The fourth-order valence-electron chi connectivity index (χ4n) is 1.98. The Bertz CT molecular complexity index is 263. The van der Waals surface area contributed by atoms with Gasteiger partial charge in [0.25, 0.3) is 0 Å². The van der Waals surface area contributed by atoms with Crippen LogP contribution in [0, 0.1) is 0 Å². The summed E-state index contributed by atoms with van der Waals surface area (Å²) in [7, 11) is 0. The van der Waals surface area contributed by atoms with Crippen molar-refractivity contribution in [2.75, 3.05) is 6.54 Å². The third-order valence-corrected chi connectivity index (χ3v) is 3.11. The highest BCUT2D eigenvalue weighted by atomic mass is 16.4. The van der Waals surface area contributed by atoms with Crippen molar-refractivity contribution in [2.24, 2.45) is 0 Å². The van der Waals surface area contributed by atoms with Crippen molar-refractivity contribution in [3.05, 3.63) is 11.6 Å². The van der Waals surface area contributed by atoms with Gasteiger partial charge >= 0.3 is 5.97 Å². The van der Waals surface area contributed by atoms with Crippen LogP contribution in [-0.4, -0.2) is 34.9 Å². The first-order valence-electron chi connectivity index (χ1n) is 5.92. The van der Waals surface area contributed by atoms with Gasteiger partial charge in [-0.15, -0.1) is 0 Å². The van der Waals surface area contributed by atoms with Crippen LogP contribution in [0.4, 0.5) is 0 Å². The zero-order chi connectivity index (χ0) is 12.0. The first-order valence-corrected chi connectivity index (χ1v) is 5.92. The van der Waals surface area contributed by atoms with E-state index in [1.165, 1.54) is 6.42 Å². The molecule has 2 atom stereocenters. The van der Waals surface area contributed by atoms with Crippen molar-refractivity contribution in [3.8, 4) is 0 Å². The summed E-state index contributed by atoms with van der Waals surface area (Å²) in [6, 6.07) is 0.111. The Labute approximate surface area is 96.4 Å². The molecule has 0 aromatic heterocycles. The smallest absolute Gasteiger partial charge is 0.330 e. The van der Waals surface area contributed by atoms with E-state index >= 15 is 0 Å². The number of aliphatic hydroxyl groups excluding tert-OH is 1. The van der Waals surface area contributed by atoms with Gasteiger partial charge in [0, 0.05) is 18.2 Å². The quantitative estimate of drug-likeness (QED) is 0.500. The highest BCUT2D eigenvalue weighted by molar-refractivity contribution is 5.85. The molecule has 0 aliphatic heterocycles. The van der Waals surface area contributed by atoms with Crippen LogP contribution in [0.5, 0.6) is 0 Å². The van der Waals surface area contributed by atoms with Crippen LogP contribution in [0.25, 0.3) is 0 Å². The van der Waals surface area contributed by atoms with Gasteiger partial charge in [0.2, 0.25) is 0 Å². The van der Waals surface area contributed by atoms with E-state index in [1.807, 2.05) is 0 Å². The molecule has 2 unspecified atom stereocenters. The lowest BCUT2D eigenvalue weighted by atomic mass is 10.1. The molecule has 1 aliphatic carbocycles. The van der Waals surface area contributed by atoms with E-state index in [4.69, 9.17) is 5.11 Å². The molecule has 4 heteroatoms. The standard InChI is InChI=1S/C12H21NO3/c1-9(12(15)16)7-8-13-10-5-3-2-4-6-11(10)14/h7,10-11,13-14H,2-6,8H2,1H3,(H,15,16). The van der Waals surface area contributed by atoms with Crippen LogP contribution in [0.15, 0.2) is 11.6 Å². The number of hydrogen-bond donors (Lipinski definition) is 3. The predicted molar refractivity (Wildman–Crippen MR) is 62.3 cm³/mol. The van der Waals surface area contributed by atoms with Gasteiger partial charge in [0.15, 0.2) is 0 Å². The van der Waals surface area contributed by atoms with Gasteiger partial charge in [-0.25, -0.2) is 4.79 Å². The van der Waals surface area contributed by atoms with Gasteiger partial charge < -0.3 is 15.5 Å². The van der Waals surface area contributed by atoms with Crippen molar-refractivity contribution in [2.45, 2.75) is 51.2 Å². The fraction of sp³-hybridized carbons (Fsp3) is 0.750. The average molecular weight is 227 g/mol. The fourth-order valence-corrected chi connectivity index (χ4v) is 1.98. The van der Waals surface area contributed by atoms with Gasteiger partial charge in [-0.3, -0.25) is 0 Å². The molecule has 1 aliphatic rings. The molecule has 0 spiro atoms. The lowest BCUT2D eigenvalue weighted by molar-refractivity contribution is -0.132. The molecule has 4 nitrogen and oxygen atoms in total. The molecule has 0 bridgehead atoms. The number of hydrogen-bond acceptors (Lipinski definition) is 3. The van der Waals surface area contributed by atoms with Crippen molar-refractivity contribution >= 4 is 5.97 Å². The maximum Gasteiger partial charge on any atom is 0.330 e. The lowest BCUT2D eigenvalue weighted by Gasteiger charge is -2.20. The van der Waals surface area contributed by atoms with E-state index in [0.29, 0.717) is 12.1 Å². The van der Waals surface area contributed by atoms with E-state index in [9.17, 15) is 9.90 Å². The molecule has 0 aromatic carbocycles. The number of nitrogens with one attached hydrogen (secondary N) is 1. The molecule has 0 saturated heterocycles. The summed E-state index contributed by atoms with van der Waals surface area (Å²) in [5, 5.41) is 21.7. The summed E-state index contributed by atoms with van der Waals surface area (Å²) < 4.78 is 0. The zero-order valence-electron chi connectivity index (χ0n) is 9.78. The number of carboxylic acids is 1. The average Bonchev–Trinajstić information content (AvgIpc) is 2.44.